The summed E-state index contributed by atoms with van der Waals surface area (Å²) >= 11 is 0. The molecule has 1 aliphatic heterocycles. The number of carbonyl (C=O) groups is 1. The molecule has 1 fully saturated rings. The summed E-state index contributed by atoms with van der Waals surface area (Å²) in [5.74, 6) is 0.503. The molecule has 0 unspecified atom stereocenters. The number of benzene rings is 1. The molecule has 0 aliphatic carbocycles. The summed E-state index contributed by atoms with van der Waals surface area (Å²) in [4.78, 5) is 13.9. The van der Waals surface area contributed by atoms with E-state index in [1.54, 1.807) is 11.9 Å². The molecule has 1 aromatic carbocycles. The largest absolute Gasteiger partial charge is 0.459 e. The molecule has 0 radical (unpaired) electrons. The summed E-state index contributed by atoms with van der Waals surface area (Å²) in [6.45, 7) is 6.30. The Hall–Kier alpha value is -2.05. The minimum Gasteiger partial charge on any atom is -0.459 e. The Kier molecular flexibility index (Phi) is 5.30. The first-order chi connectivity index (χ1) is 12.0. The Balaban J connectivity index is 1.47. The topological polar surface area (TPSA) is 63.9 Å². The third-order valence-electron chi connectivity index (χ3n) is 4.44. The summed E-state index contributed by atoms with van der Waals surface area (Å²) in [7, 11) is 1.76. The second-order valence-corrected chi connectivity index (χ2v) is 6.93. The van der Waals surface area contributed by atoms with Crippen LogP contribution in [0.4, 0.5) is 4.79 Å². The molecule has 1 aromatic heterocycles. The summed E-state index contributed by atoms with van der Waals surface area (Å²) in [6.07, 6.45) is 0.751. The number of carbonyl (C=O) groups excluding carboxylic acids is 1. The van der Waals surface area contributed by atoms with E-state index in [1.807, 2.05) is 37.3 Å². The Bertz CT molecular complexity index is 688. The predicted octanol–water partition coefficient (Wildman–Crippen LogP) is 3.36. The van der Waals surface area contributed by atoms with Crippen LogP contribution in [0.1, 0.15) is 26.0 Å². The summed E-state index contributed by atoms with van der Waals surface area (Å²) in [5.41, 5.74) is 0.838. The Labute approximate surface area is 148 Å². The first-order valence-electron chi connectivity index (χ1n) is 8.69. The van der Waals surface area contributed by atoms with Crippen LogP contribution in [-0.4, -0.2) is 43.5 Å². The van der Waals surface area contributed by atoms with Gasteiger partial charge in [0.1, 0.15) is 11.3 Å². The van der Waals surface area contributed by atoms with E-state index in [0.717, 1.165) is 23.2 Å². The van der Waals surface area contributed by atoms with Gasteiger partial charge in [0, 0.05) is 25.4 Å². The fraction of sp³-hybridized carbons (Fsp3) is 0.526. The van der Waals surface area contributed by atoms with E-state index in [2.05, 4.69) is 12.2 Å². The summed E-state index contributed by atoms with van der Waals surface area (Å²) in [5, 5.41) is 4.01. The molecule has 1 N–H and O–H groups in total. The first kappa shape index (κ1) is 17.8. The number of hydrogen-bond donors (Lipinski definition) is 1. The van der Waals surface area contributed by atoms with Crippen molar-refractivity contribution in [2.75, 3.05) is 26.8 Å². The lowest BCUT2D eigenvalue weighted by Gasteiger charge is -2.26. The van der Waals surface area contributed by atoms with Crippen molar-refractivity contribution in [3.8, 4) is 0 Å². The molecule has 25 heavy (non-hydrogen) atoms. The van der Waals surface area contributed by atoms with Gasteiger partial charge in [0.2, 0.25) is 0 Å². The van der Waals surface area contributed by atoms with Crippen molar-refractivity contribution in [3.05, 3.63) is 36.1 Å². The number of fused-ring (bicyclic) bond motifs is 1. The number of furan rings is 1. The van der Waals surface area contributed by atoms with Gasteiger partial charge in [0.25, 0.3) is 0 Å². The molecule has 1 atom stereocenters. The molecule has 2 amide bonds. The average Bonchev–Trinajstić information content (AvgIpc) is 3.18. The Morgan fingerprint density at radius 3 is 2.76 bits per heavy atom. The smallest absolute Gasteiger partial charge is 0.317 e. The SMILES string of the molecule is C[C@H](CNC(=O)N(C)Cc1cc2ccccc2o1)CC1(C)OCCO1. The third-order valence-corrected chi connectivity index (χ3v) is 4.44. The molecule has 2 heterocycles. The molecular formula is C19H26N2O4. The summed E-state index contributed by atoms with van der Waals surface area (Å²) in [6, 6.07) is 9.68. The second kappa shape index (κ2) is 7.45. The van der Waals surface area contributed by atoms with Crippen LogP contribution in [0.5, 0.6) is 0 Å². The van der Waals surface area contributed by atoms with Crippen molar-refractivity contribution in [2.45, 2.75) is 32.6 Å². The number of nitrogens with zero attached hydrogens (tertiary/aromatic N) is 1. The number of rotatable bonds is 6. The van der Waals surface area contributed by atoms with Gasteiger partial charge in [-0.2, -0.15) is 0 Å². The minimum atomic E-state index is -0.523. The van der Waals surface area contributed by atoms with Gasteiger partial charge in [-0.05, 0) is 25.0 Å². The van der Waals surface area contributed by atoms with Crippen molar-refractivity contribution in [2.24, 2.45) is 5.92 Å². The predicted molar refractivity (Wildman–Crippen MR) is 95.2 cm³/mol. The third kappa shape index (κ3) is 4.52. The van der Waals surface area contributed by atoms with Crippen LogP contribution in [0.2, 0.25) is 0 Å². The number of para-hydroxylation sites is 1. The van der Waals surface area contributed by atoms with Crippen molar-refractivity contribution in [1.29, 1.82) is 0 Å². The highest BCUT2D eigenvalue weighted by Gasteiger charge is 2.32. The van der Waals surface area contributed by atoms with Crippen molar-refractivity contribution in [3.63, 3.8) is 0 Å². The van der Waals surface area contributed by atoms with Gasteiger partial charge in [0.15, 0.2) is 5.79 Å². The first-order valence-corrected chi connectivity index (χ1v) is 8.69. The van der Waals surface area contributed by atoms with Crippen molar-refractivity contribution < 1.29 is 18.7 Å². The molecule has 0 bridgehead atoms. The lowest BCUT2D eigenvalue weighted by molar-refractivity contribution is -0.153. The number of amides is 2. The van der Waals surface area contributed by atoms with Gasteiger partial charge in [0.05, 0.1) is 19.8 Å². The maximum atomic E-state index is 12.3. The Morgan fingerprint density at radius 2 is 2.04 bits per heavy atom. The highest BCUT2D eigenvalue weighted by molar-refractivity contribution is 5.78. The lowest BCUT2D eigenvalue weighted by atomic mass is 10.0. The van der Waals surface area contributed by atoms with E-state index in [1.165, 1.54) is 0 Å². The zero-order valence-corrected chi connectivity index (χ0v) is 15.1. The van der Waals surface area contributed by atoms with Crippen LogP contribution in [-0.2, 0) is 16.0 Å². The molecule has 6 nitrogen and oxygen atoms in total. The maximum absolute atomic E-state index is 12.3. The minimum absolute atomic E-state index is 0.120. The highest BCUT2D eigenvalue weighted by atomic mass is 16.7. The fourth-order valence-electron chi connectivity index (χ4n) is 3.20. The number of nitrogens with one attached hydrogen (secondary N) is 1. The number of hydrogen-bond acceptors (Lipinski definition) is 4. The molecule has 0 spiro atoms. The maximum Gasteiger partial charge on any atom is 0.317 e. The highest BCUT2D eigenvalue weighted by Crippen LogP contribution is 2.26. The lowest BCUT2D eigenvalue weighted by Crippen LogP contribution is -2.40. The number of ether oxygens (including phenoxy) is 2. The standard InChI is InChI=1S/C19H26N2O4/c1-14(11-19(2)23-8-9-24-19)12-20-18(22)21(3)13-16-10-15-6-4-5-7-17(15)25-16/h4-7,10,14H,8-9,11-13H2,1-3H3,(H,20,22)/t14-/m0/s1. The zero-order chi connectivity index (χ0) is 17.9. The van der Waals surface area contributed by atoms with Crippen molar-refractivity contribution in [1.82, 2.24) is 10.2 Å². The van der Waals surface area contributed by atoms with Gasteiger partial charge < -0.3 is 24.1 Å². The van der Waals surface area contributed by atoms with Crippen LogP contribution >= 0.6 is 0 Å². The van der Waals surface area contributed by atoms with Gasteiger partial charge in [-0.3, -0.25) is 0 Å². The van der Waals surface area contributed by atoms with Gasteiger partial charge in [-0.15, -0.1) is 0 Å². The van der Waals surface area contributed by atoms with Crippen LogP contribution in [0.3, 0.4) is 0 Å². The van der Waals surface area contributed by atoms with Crippen LogP contribution in [0, 0.1) is 5.92 Å². The fourth-order valence-corrected chi connectivity index (χ4v) is 3.20. The van der Waals surface area contributed by atoms with Crippen molar-refractivity contribution >= 4 is 17.0 Å². The molecule has 0 saturated carbocycles. The van der Waals surface area contributed by atoms with E-state index >= 15 is 0 Å². The van der Waals surface area contributed by atoms with E-state index in [-0.39, 0.29) is 11.9 Å². The van der Waals surface area contributed by atoms with E-state index < -0.39 is 5.79 Å². The monoisotopic (exact) mass is 346 g/mol. The van der Waals surface area contributed by atoms with Gasteiger partial charge in [-0.1, -0.05) is 25.1 Å². The summed E-state index contributed by atoms with van der Waals surface area (Å²) < 4.78 is 17.0. The molecule has 2 aromatic rings. The van der Waals surface area contributed by atoms with Crippen LogP contribution < -0.4 is 5.32 Å². The molecule has 3 rings (SSSR count). The van der Waals surface area contributed by atoms with Gasteiger partial charge in [-0.25, -0.2) is 4.79 Å². The molecule has 6 heteroatoms. The molecule has 136 valence electrons. The zero-order valence-electron chi connectivity index (χ0n) is 15.1. The van der Waals surface area contributed by atoms with E-state index in [9.17, 15) is 4.79 Å². The Morgan fingerprint density at radius 1 is 1.32 bits per heavy atom. The van der Waals surface area contributed by atoms with Crippen LogP contribution in [0.15, 0.2) is 34.7 Å². The number of urea groups is 1. The van der Waals surface area contributed by atoms with Gasteiger partial charge >= 0.3 is 6.03 Å². The normalized spacial score (nSPS) is 17.6. The average molecular weight is 346 g/mol. The van der Waals surface area contributed by atoms with E-state index in [4.69, 9.17) is 13.9 Å². The second-order valence-electron chi connectivity index (χ2n) is 6.93. The quantitative estimate of drug-likeness (QED) is 0.871. The molecule has 1 aliphatic rings. The van der Waals surface area contributed by atoms with Crippen LogP contribution in [0.25, 0.3) is 11.0 Å². The molecular weight excluding hydrogens is 320 g/mol. The van der Waals surface area contributed by atoms with E-state index in [0.29, 0.717) is 26.3 Å². The molecule has 1 saturated heterocycles.